The molecule has 0 aromatic heterocycles. The number of benzene rings is 1. The maximum Gasteiger partial charge on any atom is 0.341 e. The second kappa shape index (κ2) is 6.20. The van der Waals surface area contributed by atoms with Crippen molar-refractivity contribution >= 4 is 5.97 Å². The molecular formula is C19H19N3O3. The Morgan fingerprint density at radius 3 is 2.56 bits per heavy atom. The van der Waals surface area contributed by atoms with Crippen molar-refractivity contribution in [2.24, 2.45) is 0 Å². The molecule has 4 rings (SSSR count). The maximum absolute atomic E-state index is 12.9. The molecule has 1 aromatic carbocycles. The average Bonchev–Trinajstić information content (AvgIpc) is 3.30. The van der Waals surface area contributed by atoms with E-state index >= 15 is 0 Å². The molecule has 0 radical (unpaired) electrons. The number of para-hydroxylation sites is 1. The van der Waals surface area contributed by atoms with Gasteiger partial charge in [0.15, 0.2) is 0 Å². The van der Waals surface area contributed by atoms with Gasteiger partial charge in [0.2, 0.25) is 0 Å². The van der Waals surface area contributed by atoms with Gasteiger partial charge in [0.05, 0.1) is 18.4 Å². The summed E-state index contributed by atoms with van der Waals surface area (Å²) in [5, 5.41) is 4.41. The summed E-state index contributed by atoms with van der Waals surface area (Å²) in [6, 6.07) is 9.52. The van der Waals surface area contributed by atoms with E-state index in [0.29, 0.717) is 28.6 Å². The third-order valence-corrected chi connectivity index (χ3v) is 4.84. The van der Waals surface area contributed by atoms with Gasteiger partial charge in [-0.1, -0.05) is 31.0 Å². The highest BCUT2D eigenvalue weighted by Gasteiger charge is 2.27. The van der Waals surface area contributed by atoms with Gasteiger partial charge in [-0.05, 0) is 25.0 Å². The Hall–Kier alpha value is -2.89. The number of esters is 1. The Morgan fingerprint density at radius 2 is 1.88 bits per heavy atom. The Kier molecular flexibility index (Phi) is 3.87. The van der Waals surface area contributed by atoms with Gasteiger partial charge in [-0.15, -0.1) is 0 Å². The van der Waals surface area contributed by atoms with Crippen molar-refractivity contribution < 1.29 is 9.53 Å². The molecule has 2 heterocycles. The lowest BCUT2D eigenvalue weighted by molar-refractivity contribution is 0.0600. The highest BCUT2D eigenvalue weighted by molar-refractivity contribution is 5.96. The standard InChI is InChI=1S/C19H19N3O3/c1-25-19(24)16-12-21(13-7-5-6-8-13)11-15-17(16)20-22(18(15)23)14-9-3-2-4-10-14/h2-4,9-13H,5-8H2,1H3. The van der Waals surface area contributed by atoms with Gasteiger partial charge in [0, 0.05) is 18.4 Å². The minimum absolute atomic E-state index is 0.223. The molecular weight excluding hydrogens is 318 g/mol. The van der Waals surface area contributed by atoms with E-state index in [9.17, 15) is 9.59 Å². The number of carbonyl (C=O) groups excluding carboxylic acids is 1. The summed E-state index contributed by atoms with van der Waals surface area (Å²) in [7, 11) is 1.34. The molecule has 1 aliphatic carbocycles. The summed E-state index contributed by atoms with van der Waals surface area (Å²) < 4.78 is 8.24. The van der Waals surface area contributed by atoms with Crippen LogP contribution in [0.1, 0.15) is 42.1 Å². The third-order valence-electron chi connectivity index (χ3n) is 4.84. The Labute approximate surface area is 145 Å². The second-order valence-corrected chi connectivity index (χ2v) is 6.36. The van der Waals surface area contributed by atoms with Crippen molar-refractivity contribution in [3.63, 3.8) is 0 Å². The maximum atomic E-state index is 12.9. The minimum atomic E-state index is -0.477. The normalized spacial score (nSPS) is 14.9. The minimum Gasteiger partial charge on any atom is -0.465 e. The monoisotopic (exact) mass is 337 g/mol. The Balaban J connectivity index is 1.95. The van der Waals surface area contributed by atoms with Gasteiger partial charge in [-0.25, -0.2) is 4.79 Å². The zero-order valence-corrected chi connectivity index (χ0v) is 14.0. The van der Waals surface area contributed by atoms with Crippen LogP contribution in [-0.4, -0.2) is 27.4 Å². The summed E-state index contributed by atoms with van der Waals surface area (Å²) in [4.78, 5) is 25.2. The summed E-state index contributed by atoms with van der Waals surface area (Å²) in [6.45, 7) is 0. The molecule has 6 heteroatoms. The first-order chi connectivity index (χ1) is 12.2. The van der Waals surface area contributed by atoms with Crippen LogP contribution in [0.15, 0.2) is 47.5 Å². The number of ether oxygens (including phenoxy) is 1. The number of nitrogens with zero attached hydrogens (tertiary/aromatic N) is 3. The molecule has 0 amide bonds. The molecule has 0 spiro atoms. The molecule has 0 atom stereocenters. The summed E-state index contributed by atoms with van der Waals surface area (Å²) in [6.07, 6.45) is 8.03. The predicted octanol–water partition coefficient (Wildman–Crippen LogP) is 3.04. The Morgan fingerprint density at radius 1 is 1.16 bits per heavy atom. The predicted molar refractivity (Wildman–Crippen MR) is 93.3 cm³/mol. The molecule has 3 aliphatic rings. The molecule has 1 aromatic rings. The zero-order chi connectivity index (χ0) is 17.4. The fourth-order valence-electron chi connectivity index (χ4n) is 3.54. The van der Waals surface area contributed by atoms with Crippen LogP contribution in [0.2, 0.25) is 0 Å². The van der Waals surface area contributed by atoms with E-state index in [0.717, 1.165) is 25.7 Å². The van der Waals surface area contributed by atoms with E-state index in [1.807, 2.05) is 41.1 Å². The topological polar surface area (TPSA) is 66.1 Å². The smallest absolute Gasteiger partial charge is 0.341 e. The lowest BCUT2D eigenvalue weighted by atomic mass is 10.1. The van der Waals surface area contributed by atoms with Crippen molar-refractivity contribution in [1.82, 2.24) is 14.3 Å². The van der Waals surface area contributed by atoms with Crippen LogP contribution >= 0.6 is 0 Å². The number of aromatic nitrogens is 3. The summed E-state index contributed by atoms with van der Waals surface area (Å²) in [5.74, 6) is -0.477. The van der Waals surface area contributed by atoms with Crippen molar-refractivity contribution in [1.29, 1.82) is 0 Å². The van der Waals surface area contributed by atoms with Crippen molar-refractivity contribution in [3.05, 3.63) is 58.6 Å². The molecule has 0 unspecified atom stereocenters. The van der Waals surface area contributed by atoms with Crippen LogP contribution in [0.3, 0.4) is 0 Å². The number of pyridine rings is 1. The fraction of sp³-hybridized carbons (Fsp3) is 0.316. The van der Waals surface area contributed by atoms with Crippen LogP contribution in [0.4, 0.5) is 0 Å². The van der Waals surface area contributed by atoms with Gasteiger partial charge in [0.1, 0.15) is 11.3 Å². The molecule has 25 heavy (non-hydrogen) atoms. The fourth-order valence-corrected chi connectivity index (χ4v) is 3.54. The van der Waals surface area contributed by atoms with Gasteiger partial charge in [-0.2, -0.15) is 9.78 Å². The molecule has 0 bridgehead atoms. The van der Waals surface area contributed by atoms with Crippen LogP contribution < -0.4 is 5.56 Å². The molecule has 0 saturated heterocycles. The zero-order valence-electron chi connectivity index (χ0n) is 14.0. The van der Waals surface area contributed by atoms with E-state index in [1.165, 1.54) is 11.8 Å². The molecule has 1 saturated carbocycles. The van der Waals surface area contributed by atoms with Crippen molar-refractivity contribution in [2.45, 2.75) is 31.7 Å². The quantitative estimate of drug-likeness (QED) is 0.689. The van der Waals surface area contributed by atoms with Crippen LogP contribution in [0.25, 0.3) is 16.9 Å². The molecule has 0 N–H and O–H groups in total. The molecule has 1 fully saturated rings. The van der Waals surface area contributed by atoms with E-state index in [4.69, 9.17) is 4.74 Å². The molecule has 6 nitrogen and oxygen atoms in total. The van der Waals surface area contributed by atoms with Gasteiger partial charge in [-0.3, -0.25) is 4.79 Å². The van der Waals surface area contributed by atoms with E-state index in [-0.39, 0.29) is 5.56 Å². The third kappa shape index (κ3) is 2.63. The van der Waals surface area contributed by atoms with E-state index in [1.54, 1.807) is 6.20 Å². The van der Waals surface area contributed by atoms with Crippen LogP contribution in [0.5, 0.6) is 0 Å². The molecule has 2 aliphatic heterocycles. The highest BCUT2D eigenvalue weighted by Crippen LogP contribution is 2.32. The SMILES string of the molecule is COC(=O)c1cn(C2CCCC2)cc2c(=O)n(-c3ccccc3)nc1-2. The first kappa shape index (κ1) is 15.6. The second-order valence-electron chi connectivity index (χ2n) is 6.36. The number of fused-ring (bicyclic) bond motifs is 1. The number of carbonyl (C=O) groups is 1. The van der Waals surface area contributed by atoms with Gasteiger partial charge < -0.3 is 9.30 Å². The average molecular weight is 337 g/mol. The summed E-state index contributed by atoms with van der Waals surface area (Å²) >= 11 is 0. The largest absolute Gasteiger partial charge is 0.465 e. The van der Waals surface area contributed by atoms with Crippen molar-refractivity contribution in [2.75, 3.05) is 7.11 Å². The van der Waals surface area contributed by atoms with Gasteiger partial charge in [0.25, 0.3) is 5.56 Å². The summed E-state index contributed by atoms with van der Waals surface area (Å²) in [5.41, 5.74) is 1.61. The molecule has 128 valence electrons. The first-order valence-corrected chi connectivity index (χ1v) is 8.47. The van der Waals surface area contributed by atoms with Crippen molar-refractivity contribution in [3.8, 4) is 16.9 Å². The van der Waals surface area contributed by atoms with Crippen LogP contribution in [0, 0.1) is 0 Å². The number of rotatable bonds is 3. The first-order valence-electron chi connectivity index (χ1n) is 8.47. The van der Waals surface area contributed by atoms with E-state index < -0.39 is 5.97 Å². The lowest BCUT2D eigenvalue weighted by Gasteiger charge is -2.17. The lowest BCUT2D eigenvalue weighted by Crippen LogP contribution is -2.16. The Bertz CT molecular complexity index is 936. The highest BCUT2D eigenvalue weighted by atomic mass is 16.5. The van der Waals surface area contributed by atoms with Gasteiger partial charge >= 0.3 is 5.97 Å². The number of hydrogen-bond acceptors (Lipinski definition) is 4. The van der Waals surface area contributed by atoms with E-state index in [2.05, 4.69) is 5.10 Å². The number of hydrogen-bond donors (Lipinski definition) is 0. The van der Waals surface area contributed by atoms with Crippen LogP contribution in [-0.2, 0) is 4.74 Å². The number of methoxy groups -OCH3 is 1.